The molecule has 1 aromatic carbocycles. The van der Waals surface area contributed by atoms with Gasteiger partial charge in [-0.25, -0.2) is 15.0 Å². The molecule has 8 rings (SSSR count). The van der Waals surface area contributed by atoms with E-state index >= 15 is 0 Å². The third kappa shape index (κ3) is 6.47. The molecule has 0 spiro atoms. The van der Waals surface area contributed by atoms with E-state index in [0.29, 0.717) is 58.9 Å². The molecule has 0 bridgehead atoms. The van der Waals surface area contributed by atoms with Crippen molar-refractivity contribution in [1.82, 2.24) is 48.6 Å². The van der Waals surface area contributed by atoms with E-state index in [9.17, 15) is 19.2 Å². The molecule has 1 aliphatic heterocycles. The number of benzene rings is 1. The average Bonchev–Trinajstić information content (AvgIpc) is 3.96. The van der Waals surface area contributed by atoms with Gasteiger partial charge in [0.25, 0.3) is 12.2 Å². The Balaban J connectivity index is 1.34. The van der Waals surface area contributed by atoms with Gasteiger partial charge in [-0.3, -0.25) is 44.0 Å². The van der Waals surface area contributed by atoms with Crippen molar-refractivity contribution in [2.45, 2.75) is 53.5 Å². The molecule has 0 aliphatic carbocycles. The second-order valence-electron chi connectivity index (χ2n) is 13.1. The highest BCUT2D eigenvalue weighted by Crippen LogP contribution is 2.31. The summed E-state index contributed by atoms with van der Waals surface area (Å²) in [4.78, 5) is 71.5. The van der Waals surface area contributed by atoms with Crippen LogP contribution in [0, 0.1) is 6.92 Å². The van der Waals surface area contributed by atoms with Gasteiger partial charge in [0, 0.05) is 55.4 Å². The predicted octanol–water partition coefficient (Wildman–Crippen LogP) is 2.08. The van der Waals surface area contributed by atoms with Gasteiger partial charge in [-0.1, -0.05) is 12.2 Å². The zero-order valence-electron chi connectivity index (χ0n) is 31.1. The van der Waals surface area contributed by atoms with Crippen molar-refractivity contribution < 1.29 is 23.7 Å². The Morgan fingerprint density at radius 2 is 1.54 bits per heavy atom. The van der Waals surface area contributed by atoms with Crippen molar-refractivity contribution in [3.63, 3.8) is 0 Å². The van der Waals surface area contributed by atoms with E-state index < -0.39 is 23.6 Å². The molecule has 0 saturated carbocycles. The minimum atomic E-state index is -0.675. The van der Waals surface area contributed by atoms with Gasteiger partial charge in [0.2, 0.25) is 23.7 Å². The molecular formula is C37H37N16O4+. The number of carbonyl (C=O) groups is 4. The highest BCUT2D eigenvalue weighted by molar-refractivity contribution is 6.07. The lowest BCUT2D eigenvalue weighted by Gasteiger charge is -2.14. The second-order valence-corrected chi connectivity index (χ2v) is 13.1. The first kappa shape index (κ1) is 36.2. The summed E-state index contributed by atoms with van der Waals surface area (Å²) in [5.41, 5.74) is 15.8. The van der Waals surface area contributed by atoms with Crippen LogP contribution in [0.4, 0.5) is 17.6 Å². The molecule has 7 N–H and O–H groups in total. The first-order chi connectivity index (χ1) is 27.6. The number of imidazole rings is 2. The Morgan fingerprint density at radius 1 is 0.877 bits per heavy atom. The van der Waals surface area contributed by atoms with Crippen molar-refractivity contribution >= 4 is 63.4 Å². The molecule has 20 nitrogen and oxygen atoms in total. The fraction of sp³-hybridized carbons (Fsp3) is 0.216. The number of rotatable bonds is 7. The van der Waals surface area contributed by atoms with Crippen LogP contribution in [0.5, 0.6) is 0 Å². The lowest BCUT2D eigenvalue weighted by Crippen LogP contribution is -2.42. The number of carbonyl (C=O) groups excluding carboxylic acids is 4. The van der Waals surface area contributed by atoms with Gasteiger partial charge in [0.15, 0.2) is 17.0 Å². The molecule has 6 aromatic heterocycles. The zero-order valence-corrected chi connectivity index (χ0v) is 31.1. The molecule has 7 aromatic rings. The fourth-order valence-electron chi connectivity index (χ4n) is 6.89. The molecule has 57 heavy (non-hydrogen) atoms. The fourth-order valence-corrected chi connectivity index (χ4v) is 6.89. The number of nitrogens with two attached hydrogens (primary N) is 2. The van der Waals surface area contributed by atoms with E-state index in [0.717, 1.165) is 5.56 Å². The predicted molar refractivity (Wildman–Crippen MR) is 207 cm³/mol. The Bertz CT molecular complexity index is 2790. The molecular weight excluding hydrogens is 733 g/mol. The summed E-state index contributed by atoms with van der Waals surface area (Å²) in [5.74, 6) is -2.04. The van der Waals surface area contributed by atoms with Crippen molar-refractivity contribution in [2.75, 3.05) is 16.0 Å². The van der Waals surface area contributed by atoms with Crippen molar-refractivity contribution in [1.29, 1.82) is 0 Å². The molecule has 288 valence electrons. The number of allylic oxidation sites excluding steroid dienone is 2. The standard InChI is InChI=1S/C37H36N16O4/c1-4-52-29-27(20(3)48-52)51-19-43-53(5-2)35(51)34(57)47-37-45-26-16-23(31(39)55)18-42-32(26)50(37)13-7-6-12-49-28-24(41-17-21-8-10-40-11-9-21)14-22(30(38)54)15-25(28)44-36(49)46-33(29)56/h6-11,14-16,18-19,41H,4-5,12-13,17H2,1-3H3,(H5-,38,39,44,45,46,47,54,55,56,57)/p+1/b7-6+. The Kier molecular flexibility index (Phi) is 9.19. The largest absolute Gasteiger partial charge is 0.379 e. The van der Waals surface area contributed by atoms with Crippen molar-refractivity contribution in [2.24, 2.45) is 11.5 Å². The van der Waals surface area contributed by atoms with Crippen molar-refractivity contribution in [3.8, 4) is 5.69 Å². The lowest BCUT2D eigenvalue weighted by atomic mass is 10.1. The minimum Gasteiger partial charge on any atom is -0.379 e. The van der Waals surface area contributed by atoms with Gasteiger partial charge >= 0.3 is 11.7 Å². The van der Waals surface area contributed by atoms with Gasteiger partial charge < -0.3 is 21.4 Å². The maximum Gasteiger partial charge on any atom is 0.331 e. The number of aromatic nitrogens is 11. The molecule has 0 atom stereocenters. The van der Waals surface area contributed by atoms with Crippen molar-refractivity contribution in [3.05, 3.63) is 101 Å². The third-order valence-electron chi connectivity index (χ3n) is 9.55. The first-order valence-corrected chi connectivity index (χ1v) is 18.0. The van der Waals surface area contributed by atoms with E-state index in [2.05, 4.69) is 41.1 Å². The van der Waals surface area contributed by atoms with Crippen LogP contribution in [0.2, 0.25) is 0 Å². The third-order valence-corrected chi connectivity index (χ3v) is 9.55. The van der Waals surface area contributed by atoms with E-state index in [1.165, 1.54) is 27.8 Å². The average molecular weight is 770 g/mol. The number of anilines is 3. The number of nitrogens with one attached hydrogen (secondary N) is 3. The number of pyridine rings is 2. The number of hydrogen-bond acceptors (Lipinski definition) is 11. The van der Waals surface area contributed by atoms with Crippen LogP contribution in [0.3, 0.4) is 0 Å². The maximum atomic E-state index is 14.6. The molecule has 7 heterocycles. The van der Waals surface area contributed by atoms with Crippen LogP contribution in [0.25, 0.3) is 27.9 Å². The molecule has 0 fully saturated rings. The smallest absolute Gasteiger partial charge is 0.331 e. The highest BCUT2D eigenvalue weighted by Gasteiger charge is 2.35. The highest BCUT2D eigenvalue weighted by atomic mass is 16.2. The van der Waals surface area contributed by atoms with Crippen LogP contribution >= 0.6 is 0 Å². The SMILES string of the molecule is CCn1nc(C)c2c1C(=O)Nc1nc3cc(C(N)=O)cc(NCc4ccncc4)c3n1C/C=C/Cn1c(nc3cc(C(N)=O)cnc31)NC(=O)c1n(CC)nc[n+]1-2. The molecule has 20 heteroatoms. The molecule has 4 amide bonds. The normalized spacial score (nSPS) is 13.7. The summed E-state index contributed by atoms with van der Waals surface area (Å²) >= 11 is 0. The van der Waals surface area contributed by atoms with Gasteiger partial charge in [-0.2, -0.15) is 9.67 Å². The number of amides is 4. The van der Waals surface area contributed by atoms with Gasteiger partial charge in [0.1, 0.15) is 12.1 Å². The van der Waals surface area contributed by atoms with Crippen LogP contribution in [-0.2, 0) is 32.7 Å². The van der Waals surface area contributed by atoms with Crippen LogP contribution in [-0.4, -0.2) is 72.3 Å². The summed E-state index contributed by atoms with van der Waals surface area (Å²) in [5, 5.41) is 18.5. The molecule has 0 unspecified atom stereocenters. The topological polar surface area (TPSA) is 257 Å². The number of fused-ring (bicyclic) bond motifs is 9. The number of aryl methyl sites for hydroxylation is 3. The Hall–Kier alpha value is -7.77. The Labute approximate surface area is 323 Å². The van der Waals surface area contributed by atoms with Gasteiger partial charge in [0.05, 0.1) is 28.0 Å². The number of hydrogen-bond donors (Lipinski definition) is 5. The first-order valence-electron chi connectivity index (χ1n) is 18.0. The van der Waals surface area contributed by atoms with Gasteiger partial charge in [-0.05, 0) is 56.7 Å². The van der Waals surface area contributed by atoms with Crippen LogP contribution < -0.4 is 32.0 Å². The van der Waals surface area contributed by atoms with E-state index in [1.807, 2.05) is 42.7 Å². The van der Waals surface area contributed by atoms with Crippen LogP contribution in [0.15, 0.2) is 67.4 Å². The Morgan fingerprint density at radius 3 is 2.26 bits per heavy atom. The summed E-state index contributed by atoms with van der Waals surface area (Å²) < 4.78 is 8.07. The lowest BCUT2D eigenvalue weighted by molar-refractivity contribution is -0.599. The molecule has 1 aliphatic rings. The maximum absolute atomic E-state index is 14.6. The van der Waals surface area contributed by atoms with Gasteiger partial charge in [-0.15, -0.1) is 4.68 Å². The monoisotopic (exact) mass is 769 g/mol. The summed E-state index contributed by atoms with van der Waals surface area (Å²) in [6.45, 7) is 6.82. The quantitative estimate of drug-likeness (QED) is 0.116. The van der Waals surface area contributed by atoms with E-state index in [4.69, 9.17) is 16.5 Å². The second kappa shape index (κ2) is 14.5. The minimum absolute atomic E-state index is 0.0912. The van der Waals surface area contributed by atoms with E-state index in [-0.39, 0.29) is 47.6 Å². The summed E-state index contributed by atoms with van der Waals surface area (Å²) in [6, 6.07) is 8.48. The summed E-state index contributed by atoms with van der Waals surface area (Å²) in [6.07, 6.45) is 9.88. The number of primary amides is 2. The number of nitrogens with zero attached hydrogens (tertiary/aromatic N) is 11. The summed E-state index contributed by atoms with van der Waals surface area (Å²) in [7, 11) is 0. The molecule has 0 radical (unpaired) electrons. The zero-order chi connectivity index (χ0) is 40.0. The van der Waals surface area contributed by atoms with E-state index in [1.54, 1.807) is 40.7 Å². The van der Waals surface area contributed by atoms with Crippen LogP contribution in [0.1, 0.15) is 66.9 Å². The molecule has 0 saturated heterocycles.